The molecule has 0 bridgehead atoms. The summed E-state index contributed by atoms with van der Waals surface area (Å²) in [6.07, 6.45) is -1.18. The second kappa shape index (κ2) is 8.64. The Bertz CT molecular complexity index is 742. The van der Waals surface area contributed by atoms with E-state index in [1.807, 2.05) is 30.3 Å². The predicted molar refractivity (Wildman–Crippen MR) is 94.7 cm³/mol. The number of anilines is 1. The summed E-state index contributed by atoms with van der Waals surface area (Å²) in [6, 6.07) is 13.8. The molecular weight excluding hydrogens is 339 g/mol. The predicted octanol–water partition coefficient (Wildman–Crippen LogP) is 2.94. The van der Waals surface area contributed by atoms with Crippen molar-refractivity contribution < 1.29 is 23.4 Å². The quantitative estimate of drug-likeness (QED) is 0.829. The van der Waals surface area contributed by atoms with E-state index < -0.39 is 11.9 Å². The maximum absolute atomic E-state index is 14.6. The van der Waals surface area contributed by atoms with Crippen LogP contribution < -0.4 is 15.4 Å². The zero-order valence-corrected chi connectivity index (χ0v) is 14.4. The zero-order valence-electron chi connectivity index (χ0n) is 14.4. The minimum absolute atomic E-state index is 0.000449. The first-order valence-electron chi connectivity index (χ1n) is 8.33. The average Bonchev–Trinajstić information content (AvgIpc) is 3.11. The molecule has 1 amide bonds. The van der Waals surface area contributed by atoms with E-state index in [4.69, 9.17) is 14.2 Å². The van der Waals surface area contributed by atoms with Crippen LogP contribution >= 0.6 is 0 Å². The van der Waals surface area contributed by atoms with E-state index >= 15 is 0 Å². The van der Waals surface area contributed by atoms with E-state index in [0.717, 1.165) is 5.56 Å². The molecule has 2 N–H and O–H groups in total. The number of halogens is 1. The lowest BCUT2D eigenvalue weighted by atomic mass is 10.2. The maximum atomic E-state index is 14.6. The van der Waals surface area contributed by atoms with Gasteiger partial charge in [-0.05, 0) is 17.7 Å². The van der Waals surface area contributed by atoms with Gasteiger partial charge in [-0.3, -0.25) is 5.32 Å². The molecule has 0 aromatic heterocycles. The van der Waals surface area contributed by atoms with E-state index in [2.05, 4.69) is 10.6 Å². The number of carbonyl (C=O) groups excluding carboxylic acids is 1. The zero-order chi connectivity index (χ0) is 18.4. The number of carbonyl (C=O) groups is 1. The lowest BCUT2D eigenvalue weighted by molar-refractivity contribution is 0.0329. The molecule has 0 radical (unpaired) electrons. The first-order valence-corrected chi connectivity index (χ1v) is 8.33. The van der Waals surface area contributed by atoms with E-state index in [1.54, 1.807) is 13.2 Å². The molecule has 3 rings (SSSR count). The summed E-state index contributed by atoms with van der Waals surface area (Å²) in [7, 11) is 1.59. The topological polar surface area (TPSA) is 68.8 Å². The van der Waals surface area contributed by atoms with Crippen LogP contribution in [0.2, 0.25) is 0 Å². The molecule has 1 aliphatic rings. The molecule has 0 spiro atoms. The second-order valence-corrected chi connectivity index (χ2v) is 5.89. The molecule has 2 atom stereocenters. The van der Waals surface area contributed by atoms with Gasteiger partial charge in [-0.1, -0.05) is 36.4 Å². The number of rotatable bonds is 6. The molecule has 138 valence electrons. The van der Waals surface area contributed by atoms with Crippen LogP contribution in [0.3, 0.4) is 0 Å². The molecule has 2 aromatic rings. The molecule has 26 heavy (non-hydrogen) atoms. The SMILES string of the molecule is CO[C@@H]1CNC[C@H]1Oc1cccc(NC(=O)OCc2ccccc2)c1F. The van der Waals surface area contributed by atoms with Crippen LogP contribution in [0.15, 0.2) is 48.5 Å². The summed E-state index contributed by atoms with van der Waals surface area (Å²) in [5, 5.41) is 5.54. The highest BCUT2D eigenvalue weighted by Gasteiger charge is 2.29. The summed E-state index contributed by atoms with van der Waals surface area (Å²) >= 11 is 0. The molecule has 1 fully saturated rings. The summed E-state index contributed by atoms with van der Waals surface area (Å²) in [5.41, 5.74) is 0.847. The standard InChI is InChI=1S/C19H21FN2O4/c1-24-16-10-21-11-17(16)26-15-9-5-8-14(18(15)20)22-19(23)25-12-13-6-3-2-4-7-13/h2-9,16-17,21H,10-12H2,1H3,(H,22,23)/t16-,17-/m1/s1. The molecule has 0 unspecified atom stereocenters. The van der Waals surface area contributed by atoms with Crippen LogP contribution in [0.5, 0.6) is 5.75 Å². The van der Waals surface area contributed by atoms with Gasteiger partial charge in [0.25, 0.3) is 0 Å². The number of hydrogen-bond donors (Lipinski definition) is 2. The van der Waals surface area contributed by atoms with E-state index in [-0.39, 0.29) is 30.3 Å². The number of nitrogens with one attached hydrogen (secondary N) is 2. The van der Waals surface area contributed by atoms with Crippen molar-refractivity contribution in [2.45, 2.75) is 18.8 Å². The van der Waals surface area contributed by atoms with Gasteiger partial charge in [0.15, 0.2) is 11.6 Å². The highest BCUT2D eigenvalue weighted by molar-refractivity contribution is 5.85. The maximum Gasteiger partial charge on any atom is 0.412 e. The average molecular weight is 360 g/mol. The summed E-state index contributed by atoms with van der Waals surface area (Å²) in [4.78, 5) is 11.9. The van der Waals surface area contributed by atoms with Crippen molar-refractivity contribution in [1.82, 2.24) is 5.32 Å². The highest BCUT2D eigenvalue weighted by Crippen LogP contribution is 2.26. The molecule has 1 saturated heterocycles. The molecular formula is C19H21FN2O4. The smallest absolute Gasteiger partial charge is 0.412 e. The fraction of sp³-hybridized carbons (Fsp3) is 0.316. The van der Waals surface area contributed by atoms with Crippen LogP contribution in [0.1, 0.15) is 5.56 Å². The lowest BCUT2D eigenvalue weighted by Gasteiger charge is -2.20. The monoisotopic (exact) mass is 360 g/mol. The second-order valence-electron chi connectivity index (χ2n) is 5.89. The van der Waals surface area contributed by atoms with Gasteiger partial charge in [0.1, 0.15) is 18.8 Å². The fourth-order valence-corrected chi connectivity index (χ4v) is 2.71. The Kier molecular flexibility index (Phi) is 6.04. The first kappa shape index (κ1) is 18.2. The number of benzene rings is 2. The Labute approximate surface area is 151 Å². The van der Waals surface area contributed by atoms with Gasteiger partial charge >= 0.3 is 6.09 Å². The third kappa shape index (κ3) is 4.50. The number of amides is 1. The summed E-state index contributed by atoms with van der Waals surface area (Å²) in [6.45, 7) is 1.31. The van der Waals surface area contributed by atoms with Crippen molar-refractivity contribution in [2.75, 3.05) is 25.5 Å². The van der Waals surface area contributed by atoms with Crippen molar-refractivity contribution in [3.8, 4) is 5.75 Å². The summed E-state index contributed by atoms with van der Waals surface area (Å²) < 4.78 is 30.7. The van der Waals surface area contributed by atoms with Crippen molar-refractivity contribution >= 4 is 11.8 Å². The highest BCUT2D eigenvalue weighted by atomic mass is 19.1. The normalized spacial score (nSPS) is 19.2. The number of ether oxygens (including phenoxy) is 3. The molecule has 0 saturated carbocycles. The van der Waals surface area contributed by atoms with E-state index in [9.17, 15) is 9.18 Å². The van der Waals surface area contributed by atoms with Crippen LogP contribution in [-0.4, -0.2) is 38.5 Å². The third-order valence-electron chi connectivity index (χ3n) is 4.10. The first-order chi connectivity index (χ1) is 12.7. The minimum atomic E-state index is -0.734. The van der Waals surface area contributed by atoms with Gasteiger partial charge in [0.05, 0.1) is 5.69 Å². The third-order valence-corrected chi connectivity index (χ3v) is 4.10. The Balaban J connectivity index is 1.60. The van der Waals surface area contributed by atoms with E-state index in [1.165, 1.54) is 12.1 Å². The largest absolute Gasteiger partial charge is 0.483 e. The number of methoxy groups -OCH3 is 1. The van der Waals surface area contributed by atoms with Crippen molar-refractivity contribution in [2.24, 2.45) is 0 Å². The van der Waals surface area contributed by atoms with Gasteiger partial charge in [0.2, 0.25) is 0 Å². The Morgan fingerprint density at radius 1 is 1.15 bits per heavy atom. The van der Waals surface area contributed by atoms with Crippen LogP contribution in [-0.2, 0) is 16.1 Å². The van der Waals surface area contributed by atoms with Gasteiger partial charge in [-0.15, -0.1) is 0 Å². The van der Waals surface area contributed by atoms with Crippen molar-refractivity contribution in [1.29, 1.82) is 0 Å². The summed E-state index contributed by atoms with van der Waals surface area (Å²) in [5.74, 6) is -0.590. The Hall–Kier alpha value is -2.64. The molecule has 0 aliphatic carbocycles. The molecule has 1 heterocycles. The van der Waals surface area contributed by atoms with E-state index in [0.29, 0.717) is 13.1 Å². The van der Waals surface area contributed by atoms with Gasteiger partial charge < -0.3 is 19.5 Å². The van der Waals surface area contributed by atoms with Crippen LogP contribution in [0.25, 0.3) is 0 Å². The van der Waals surface area contributed by atoms with Crippen molar-refractivity contribution in [3.63, 3.8) is 0 Å². The minimum Gasteiger partial charge on any atom is -0.483 e. The van der Waals surface area contributed by atoms with Gasteiger partial charge in [-0.2, -0.15) is 0 Å². The Morgan fingerprint density at radius 3 is 2.69 bits per heavy atom. The van der Waals surface area contributed by atoms with Gasteiger partial charge in [0, 0.05) is 20.2 Å². The lowest BCUT2D eigenvalue weighted by Crippen LogP contribution is -2.32. The Morgan fingerprint density at radius 2 is 1.92 bits per heavy atom. The molecule has 1 aliphatic heterocycles. The molecule has 2 aromatic carbocycles. The van der Waals surface area contributed by atoms with Gasteiger partial charge in [-0.25, -0.2) is 9.18 Å². The van der Waals surface area contributed by atoms with Crippen molar-refractivity contribution in [3.05, 3.63) is 59.9 Å². The molecule has 7 heteroatoms. The van der Waals surface area contributed by atoms with Crippen LogP contribution in [0.4, 0.5) is 14.9 Å². The fourth-order valence-electron chi connectivity index (χ4n) is 2.71. The van der Waals surface area contributed by atoms with Crippen LogP contribution in [0, 0.1) is 5.82 Å². The number of hydrogen-bond acceptors (Lipinski definition) is 5. The molecule has 6 nitrogen and oxygen atoms in total.